The Bertz CT molecular complexity index is 724. The molecule has 0 saturated carbocycles. The predicted molar refractivity (Wildman–Crippen MR) is 94.2 cm³/mol. The van der Waals surface area contributed by atoms with E-state index in [0.29, 0.717) is 24.6 Å². The third-order valence-corrected chi connectivity index (χ3v) is 6.12. The number of aliphatic hydroxyl groups excluding tert-OH is 1. The normalized spacial score (nSPS) is 32.8. The fraction of sp³-hybridized carbons (Fsp3) is 0.579. The van der Waals surface area contributed by atoms with Gasteiger partial charge in [0.25, 0.3) is 0 Å². The Balaban J connectivity index is 1.58. The molecule has 3 fully saturated rings. The lowest BCUT2D eigenvalue weighted by molar-refractivity contribution is -0.143. The number of carbonyl (C=O) groups is 2. The molecule has 140 valence electrons. The van der Waals surface area contributed by atoms with Crippen LogP contribution in [0.3, 0.4) is 0 Å². The lowest BCUT2D eigenvalue weighted by atomic mass is 9.86. The van der Waals surface area contributed by atoms with Gasteiger partial charge in [-0.3, -0.25) is 14.5 Å². The first kappa shape index (κ1) is 17.5. The van der Waals surface area contributed by atoms with Gasteiger partial charge in [-0.25, -0.2) is 0 Å². The molecule has 7 heteroatoms. The molecular weight excluding hydrogens is 334 g/mol. The first-order chi connectivity index (χ1) is 12.5. The summed E-state index contributed by atoms with van der Waals surface area (Å²) in [5.41, 5.74) is 6.88. The molecule has 2 amide bonds. The van der Waals surface area contributed by atoms with Crippen molar-refractivity contribution < 1.29 is 19.4 Å². The molecule has 26 heavy (non-hydrogen) atoms. The van der Waals surface area contributed by atoms with Crippen LogP contribution in [0.4, 0.5) is 0 Å². The molecule has 0 radical (unpaired) electrons. The van der Waals surface area contributed by atoms with Crippen LogP contribution in [-0.2, 0) is 16.1 Å². The number of benzene rings is 1. The number of amides is 2. The van der Waals surface area contributed by atoms with Gasteiger partial charge in [-0.1, -0.05) is 12.1 Å². The van der Waals surface area contributed by atoms with Crippen LogP contribution in [0.5, 0.6) is 0 Å². The smallest absolute Gasteiger partial charge is 0.248 e. The number of carbonyl (C=O) groups excluding carboxylic acids is 2. The molecule has 1 aromatic carbocycles. The van der Waals surface area contributed by atoms with Crippen molar-refractivity contribution in [3.63, 3.8) is 0 Å². The van der Waals surface area contributed by atoms with Gasteiger partial charge in [0, 0.05) is 37.8 Å². The zero-order valence-corrected chi connectivity index (χ0v) is 14.9. The molecule has 3 aliphatic rings. The van der Waals surface area contributed by atoms with Crippen molar-refractivity contribution in [2.24, 2.45) is 11.7 Å². The van der Waals surface area contributed by atoms with Gasteiger partial charge in [0.1, 0.15) is 6.61 Å². The monoisotopic (exact) mass is 359 g/mol. The number of rotatable bonds is 5. The Morgan fingerprint density at radius 1 is 1.31 bits per heavy atom. The molecular formula is C19H25N3O4. The number of fused-ring (bicyclic) bond motifs is 2. The van der Waals surface area contributed by atoms with Gasteiger partial charge in [0.2, 0.25) is 11.8 Å². The summed E-state index contributed by atoms with van der Waals surface area (Å²) in [6.45, 7) is 1.40. The first-order valence-electron chi connectivity index (χ1n) is 9.10. The minimum absolute atomic E-state index is 0.0429. The summed E-state index contributed by atoms with van der Waals surface area (Å²) in [6, 6.07) is 7.33. The molecule has 7 nitrogen and oxygen atoms in total. The molecule has 1 aromatic rings. The summed E-state index contributed by atoms with van der Waals surface area (Å²) < 4.78 is 5.02. The van der Waals surface area contributed by atoms with E-state index in [0.717, 1.165) is 18.4 Å². The number of ether oxygens (including phenoxy) is 1. The number of piperidine rings is 2. The van der Waals surface area contributed by atoms with Crippen LogP contribution in [0, 0.1) is 5.92 Å². The van der Waals surface area contributed by atoms with E-state index < -0.39 is 12.0 Å². The Morgan fingerprint density at radius 3 is 2.81 bits per heavy atom. The maximum absolute atomic E-state index is 12.5. The van der Waals surface area contributed by atoms with Crippen molar-refractivity contribution in [2.75, 3.05) is 20.3 Å². The van der Waals surface area contributed by atoms with E-state index in [1.807, 2.05) is 23.1 Å². The summed E-state index contributed by atoms with van der Waals surface area (Å²) in [4.78, 5) is 28.0. The molecule has 0 aliphatic carbocycles. The van der Waals surface area contributed by atoms with Gasteiger partial charge in [0.15, 0.2) is 0 Å². The largest absolute Gasteiger partial charge is 0.389 e. The quantitative estimate of drug-likeness (QED) is 0.769. The van der Waals surface area contributed by atoms with Crippen LogP contribution in [0.2, 0.25) is 0 Å². The number of hydrogen-bond acceptors (Lipinski definition) is 5. The fourth-order valence-corrected chi connectivity index (χ4v) is 5.11. The SMILES string of the molecule is COCC(=O)N1C[C@@H]2C[C@@H]3C1[C@@H](O)[C@H](C2)N3Cc1cccc(C(N)=O)c1. The van der Waals surface area contributed by atoms with E-state index in [1.165, 1.54) is 7.11 Å². The highest BCUT2D eigenvalue weighted by molar-refractivity contribution is 5.92. The summed E-state index contributed by atoms with van der Waals surface area (Å²) >= 11 is 0. The van der Waals surface area contributed by atoms with Crippen molar-refractivity contribution in [3.8, 4) is 0 Å². The molecule has 0 aromatic heterocycles. The third-order valence-electron chi connectivity index (χ3n) is 6.12. The van der Waals surface area contributed by atoms with Gasteiger partial charge in [-0.05, 0) is 36.5 Å². The lowest BCUT2D eigenvalue weighted by Gasteiger charge is -2.46. The van der Waals surface area contributed by atoms with E-state index in [2.05, 4.69) is 4.90 Å². The molecule has 1 unspecified atom stereocenters. The fourth-order valence-electron chi connectivity index (χ4n) is 5.11. The predicted octanol–water partition coefficient (Wildman–Crippen LogP) is -0.0336. The number of likely N-dealkylation sites (tertiary alicyclic amines) is 1. The molecule has 3 aliphatic heterocycles. The number of primary amides is 1. The second kappa shape index (κ2) is 6.64. The zero-order chi connectivity index (χ0) is 18.4. The first-order valence-corrected chi connectivity index (χ1v) is 9.10. The summed E-state index contributed by atoms with van der Waals surface area (Å²) in [6.07, 6.45) is 1.33. The minimum atomic E-state index is -0.548. The van der Waals surface area contributed by atoms with Gasteiger partial charge >= 0.3 is 0 Å². The zero-order valence-electron chi connectivity index (χ0n) is 14.9. The van der Waals surface area contributed by atoms with Crippen LogP contribution >= 0.6 is 0 Å². The second-order valence-corrected chi connectivity index (χ2v) is 7.67. The number of hydrogen-bond donors (Lipinski definition) is 2. The Morgan fingerprint density at radius 2 is 2.08 bits per heavy atom. The van der Waals surface area contributed by atoms with Crippen LogP contribution in [-0.4, -0.2) is 71.2 Å². The number of nitrogens with two attached hydrogens (primary N) is 1. The highest BCUT2D eigenvalue weighted by Crippen LogP contribution is 2.46. The average molecular weight is 359 g/mol. The van der Waals surface area contributed by atoms with Crippen LogP contribution in [0.15, 0.2) is 24.3 Å². The molecule has 3 saturated heterocycles. The van der Waals surface area contributed by atoms with Gasteiger partial charge in [-0.15, -0.1) is 0 Å². The van der Waals surface area contributed by atoms with E-state index in [1.54, 1.807) is 6.07 Å². The lowest BCUT2D eigenvalue weighted by Crippen LogP contribution is -2.58. The van der Waals surface area contributed by atoms with Crippen molar-refractivity contribution in [3.05, 3.63) is 35.4 Å². The maximum Gasteiger partial charge on any atom is 0.248 e. The van der Waals surface area contributed by atoms with Gasteiger partial charge in [-0.2, -0.15) is 0 Å². The van der Waals surface area contributed by atoms with Crippen LogP contribution in [0.25, 0.3) is 0 Å². The Hall–Kier alpha value is -1.96. The molecule has 3 bridgehead atoms. The van der Waals surface area contributed by atoms with Crippen molar-refractivity contribution in [1.82, 2.24) is 9.80 Å². The van der Waals surface area contributed by atoms with Crippen LogP contribution < -0.4 is 5.73 Å². The molecule has 4 rings (SSSR count). The van der Waals surface area contributed by atoms with Crippen LogP contribution in [0.1, 0.15) is 28.8 Å². The second-order valence-electron chi connectivity index (χ2n) is 7.67. The van der Waals surface area contributed by atoms with Crippen molar-refractivity contribution >= 4 is 11.8 Å². The summed E-state index contributed by atoms with van der Waals surface area (Å²) in [5.74, 6) is -0.0687. The third kappa shape index (κ3) is 2.80. The average Bonchev–Trinajstić information content (AvgIpc) is 2.74. The van der Waals surface area contributed by atoms with Crippen molar-refractivity contribution in [1.29, 1.82) is 0 Å². The highest BCUT2D eigenvalue weighted by atomic mass is 16.5. The Kier molecular flexibility index (Phi) is 4.46. The Labute approximate surface area is 152 Å². The minimum Gasteiger partial charge on any atom is -0.389 e. The van der Waals surface area contributed by atoms with Gasteiger partial charge in [0.05, 0.1) is 12.1 Å². The van der Waals surface area contributed by atoms with E-state index >= 15 is 0 Å². The maximum atomic E-state index is 12.5. The van der Waals surface area contributed by atoms with E-state index in [4.69, 9.17) is 10.5 Å². The molecule has 3 N–H and O–H groups in total. The highest BCUT2D eigenvalue weighted by Gasteiger charge is 2.58. The number of methoxy groups -OCH3 is 1. The summed E-state index contributed by atoms with van der Waals surface area (Å²) in [5, 5.41) is 10.9. The topological polar surface area (TPSA) is 96.1 Å². The molecule has 0 spiro atoms. The number of nitrogens with zero attached hydrogens (tertiary/aromatic N) is 2. The van der Waals surface area contributed by atoms with E-state index in [9.17, 15) is 14.7 Å². The number of aliphatic hydroxyl groups is 1. The standard InChI is InChI=1S/C19H25N3O4/c1-26-10-16(23)22-9-12-6-14-17(22)18(24)15(7-12)21(14)8-11-3-2-4-13(5-11)19(20)25/h2-5,12,14-15,17-18,24H,6-10H2,1H3,(H2,20,25)/t12-,14-,15+,17?,18+/m1/s1. The van der Waals surface area contributed by atoms with Gasteiger partial charge < -0.3 is 20.5 Å². The molecule has 5 atom stereocenters. The summed E-state index contributed by atoms with van der Waals surface area (Å²) in [7, 11) is 1.52. The molecule has 3 heterocycles. The van der Waals surface area contributed by atoms with E-state index in [-0.39, 0.29) is 30.6 Å². The van der Waals surface area contributed by atoms with Crippen molar-refractivity contribution in [2.45, 2.75) is 43.6 Å².